The number of halogens is 1. The zero-order valence-corrected chi connectivity index (χ0v) is 13.8. The Hall–Kier alpha value is -1.62. The molecule has 110 valence electrons. The number of aromatic nitrogens is 2. The molecule has 0 aliphatic heterocycles. The lowest BCUT2D eigenvalue weighted by Gasteiger charge is -2.23. The fourth-order valence-corrected chi connectivity index (χ4v) is 3.20. The van der Waals surface area contributed by atoms with E-state index >= 15 is 0 Å². The van der Waals surface area contributed by atoms with Crippen molar-refractivity contribution in [3.05, 3.63) is 52.3 Å². The van der Waals surface area contributed by atoms with Gasteiger partial charge in [-0.3, -0.25) is 9.48 Å². The summed E-state index contributed by atoms with van der Waals surface area (Å²) in [4.78, 5) is 14.6. The normalized spacial score (nSPS) is 15.8. The van der Waals surface area contributed by atoms with Gasteiger partial charge in [0.15, 0.2) is 0 Å². The molecule has 1 aromatic carbocycles. The molecule has 0 unspecified atom stereocenters. The highest BCUT2D eigenvalue weighted by Gasteiger charge is 2.52. The molecule has 1 amide bonds. The molecular formula is C16H18BrN3O. The Morgan fingerprint density at radius 2 is 2.24 bits per heavy atom. The summed E-state index contributed by atoms with van der Waals surface area (Å²) in [6.45, 7) is 0.600. The molecule has 3 rings (SSSR count). The number of amides is 1. The molecule has 0 radical (unpaired) electrons. The Balaban J connectivity index is 1.78. The van der Waals surface area contributed by atoms with Crippen LogP contribution in [0.4, 0.5) is 0 Å². The average Bonchev–Trinajstić information content (AvgIpc) is 3.17. The van der Waals surface area contributed by atoms with Gasteiger partial charge in [0.25, 0.3) is 0 Å². The van der Waals surface area contributed by atoms with Crippen molar-refractivity contribution < 1.29 is 4.79 Å². The fourth-order valence-electron chi connectivity index (χ4n) is 2.80. The van der Waals surface area contributed by atoms with E-state index in [1.54, 1.807) is 4.68 Å². The van der Waals surface area contributed by atoms with E-state index in [2.05, 4.69) is 27.1 Å². The lowest BCUT2D eigenvalue weighted by atomic mass is 9.94. The first-order chi connectivity index (χ1) is 10.0. The van der Waals surface area contributed by atoms with Gasteiger partial charge in [-0.15, -0.1) is 0 Å². The molecule has 1 saturated carbocycles. The number of nitrogens with zero attached hydrogens (tertiary/aromatic N) is 3. The molecule has 0 spiro atoms. The molecule has 2 aromatic rings. The van der Waals surface area contributed by atoms with Crippen LogP contribution in [0.3, 0.4) is 0 Å². The first kappa shape index (κ1) is 14.3. The molecule has 21 heavy (non-hydrogen) atoms. The van der Waals surface area contributed by atoms with Crippen molar-refractivity contribution in [2.45, 2.75) is 24.8 Å². The summed E-state index contributed by atoms with van der Waals surface area (Å²) < 4.78 is 2.78. The van der Waals surface area contributed by atoms with Gasteiger partial charge >= 0.3 is 0 Å². The summed E-state index contributed by atoms with van der Waals surface area (Å²) in [6, 6.07) is 8.09. The Morgan fingerprint density at radius 1 is 1.48 bits per heavy atom. The molecule has 0 atom stereocenters. The first-order valence-corrected chi connectivity index (χ1v) is 7.80. The van der Waals surface area contributed by atoms with Crippen LogP contribution in [0.1, 0.15) is 24.0 Å². The standard InChI is InChI=1S/C16H18BrN3O/c1-19(10-12-9-18-20(2)11-12)15(21)16(6-7-16)13-4-3-5-14(17)8-13/h3-5,8-9,11H,6-7,10H2,1-2H3. The lowest BCUT2D eigenvalue weighted by molar-refractivity contribution is -0.133. The summed E-state index contributed by atoms with van der Waals surface area (Å²) in [5.41, 5.74) is 1.85. The second-order valence-corrected chi connectivity index (χ2v) is 6.69. The third kappa shape index (κ3) is 2.75. The van der Waals surface area contributed by atoms with Gasteiger partial charge < -0.3 is 4.90 Å². The fraction of sp³-hybridized carbons (Fsp3) is 0.375. The van der Waals surface area contributed by atoms with Gasteiger partial charge in [0.05, 0.1) is 11.6 Å². The number of aryl methyl sites for hydroxylation is 1. The van der Waals surface area contributed by atoms with Gasteiger partial charge in [-0.1, -0.05) is 28.1 Å². The minimum atomic E-state index is -0.319. The van der Waals surface area contributed by atoms with Crippen LogP contribution in [-0.4, -0.2) is 27.6 Å². The van der Waals surface area contributed by atoms with Crippen LogP contribution in [-0.2, 0) is 23.8 Å². The molecule has 1 aliphatic rings. The molecule has 0 bridgehead atoms. The molecule has 4 nitrogen and oxygen atoms in total. The van der Waals surface area contributed by atoms with E-state index in [9.17, 15) is 4.79 Å². The number of likely N-dealkylation sites (N-methyl/N-ethyl adjacent to an activating group) is 1. The van der Waals surface area contributed by atoms with Crippen LogP contribution in [0.2, 0.25) is 0 Å². The number of hydrogen-bond acceptors (Lipinski definition) is 2. The zero-order valence-electron chi connectivity index (χ0n) is 12.2. The van der Waals surface area contributed by atoms with Crippen molar-refractivity contribution in [1.29, 1.82) is 0 Å². The number of rotatable bonds is 4. The molecule has 0 N–H and O–H groups in total. The maximum Gasteiger partial charge on any atom is 0.233 e. The van der Waals surface area contributed by atoms with Crippen LogP contribution in [0.5, 0.6) is 0 Å². The van der Waals surface area contributed by atoms with E-state index in [4.69, 9.17) is 0 Å². The van der Waals surface area contributed by atoms with Gasteiger partial charge in [0.2, 0.25) is 5.91 Å². The Bertz CT molecular complexity index is 676. The van der Waals surface area contributed by atoms with E-state index in [1.165, 1.54) is 0 Å². The van der Waals surface area contributed by atoms with Crippen molar-refractivity contribution >= 4 is 21.8 Å². The zero-order chi connectivity index (χ0) is 15.0. The van der Waals surface area contributed by atoms with E-state index in [-0.39, 0.29) is 11.3 Å². The minimum Gasteiger partial charge on any atom is -0.341 e. The van der Waals surface area contributed by atoms with Crippen LogP contribution in [0.15, 0.2) is 41.1 Å². The maximum absolute atomic E-state index is 12.8. The largest absolute Gasteiger partial charge is 0.341 e. The third-order valence-electron chi connectivity index (χ3n) is 4.06. The smallest absolute Gasteiger partial charge is 0.233 e. The van der Waals surface area contributed by atoms with Crippen molar-refractivity contribution in [1.82, 2.24) is 14.7 Å². The first-order valence-electron chi connectivity index (χ1n) is 7.00. The predicted molar refractivity (Wildman–Crippen MR) is 84.7 cm³/mol. The van der Waals surface area contributed by atoms with Gasteiger partial charge in [0, 0.05) is 36.9 Å². The molecule has 1 aliphatic carbocycles. The number of hydrogen-bond donors (Lipinski definition) is 0. The molecule has 1 heterocycles. The summed E-state index contributed by atoms with van der Waals surface area (Å²) in [5.74, 6) is 0.199. The Labute approximate surface area is 132 Å². The number of carbonyl (C=O) groups excluding carboxylic acids is 1. The lowest BCUT2D eigenvalue weighted by Crippen LogP contribution is -2.36. The highest BCUT2D eigenvalue weighted by atomic mass is 79.9. The van der Waals surface area contributed by atoms with E-state index in [0.717, 1.165) is 28.4 Å². The Morgan fingerprint density at radius 3 is 2.81 bits per heavy atom. The second-order valence-electron chi connectivity index (χ2n) is 5.78. The van der Waals surface area contributed by atoms with E-state index in [1.807, 2.05) is 49.6 Å². The topological polar surface area (TPSA) is 38.1 Å². The molecular weight excluding hydrogens is 330 g/mol. The summed E-state index contributed by atoms with van der Waals surface area (Å²) >= 11 is 3.49. The summed E-state index contributed by atoms with van der Waals surface area (Å²) in [5, 5.41) is 4.15. The second kappa shape index (κ2) is 5.30. The van der Waals surface area contributed by atoms with Gasteiger partial charge in [-0.2, -0.15) is 5.10 Å². The molecule has 1 fully saturated rings. The highest BCUT2D eigenvalue weighted by Crippen LogP contribution is 2.50. The number of benzene rings is 1. The van der Waals surface area contributed by atoms with Crippen LogP contribution < -0.4 is 0 Å². The van der Waals surface area contributed by atoms with Crippen LogP contribution in [0, 0.1) is 0 Å². The molecule has 0 saturated heterocycles. The molecule has 5 heteroatoms. The van der Waals surface area contributed by atoms with Gasteiger partial charge in [-0.25, -0.2) is 0 Å². The minimum absolute atomic E-state index is 0.199. The average molecular weight is 348 g/mol. The summed E-state index contributed by atoms with van der Waals surface area (Å²) in [6.07, 6.45) is 5.62. The van der Waals surface area contributed by atoms with Crippen LogP contribution >= 0.6 is 15.9 Å². The van der Waals surface area contributed by atoms with E-state index < -0.39 is 0 Å². The van der Waals surface area contributed by atoms with Crippen molar-refractivity contribution in [3.8, 4) is 0 Å². The predicted octanol–water partition coefficient (Wildman–Crippen LogP) is 2.87. The molecule has 1 aromatic heterocycles. The summed E-state index contributed by atoms with van der Waals surface area (Å²) in [7, 11) is 3.75. The van der Waals surface area contributed by atoms with Crippen LogP contribution in [0.25, 0.3) is 0 Å². The van der Waals surface area contributed by atoms with Gasteiger partial charge in [0.1, 0.15) is 0 Å². The Kier molecular flexibility index (Phi) is 3.61. The highest BCUT2D eigenvalue weighted by molar-refractivity contribution is 9.10. The van der Waals surface area contributed by atoms with Crippen molar-refractivity contribution in [2.75, 3.05) is 7.05 Å². The number of carbonyl (C=O) groups is 1. The van der Waals surface area contributed by atoms with Gasteiger partial charge in [-0.05, 0) is 30.5 Å². The third-order valence-corrected chi connectivity index (χ3v) is 4.55. The SMILES string of the molecule is CN(Cc1cnn(C)c1)C(=O)C1(c2cccc(Br)c2)CC1. The quantitative estimate of drug-likeness (QED) is 0.852. The van der Waals surface area contributed by atoms with E-state index in [0.29, 0.717) is 6.54 Å². The van der Waals surface area contributed by atoms with Crippen molar-refractivity contribution in [3.63, 3.8) is 0 Å². The maximum atomic E-state index is 12.8. The monoisotopic (exact) mass is 347 g/mol. The van der Waals surface area contributed by atoms with Crippen molar-refractivity contribution in [2.24, 2.45) is 7.05 Å².